The number of ether oxygens (including phenoxy) is 1. The van der Waals surface area contributed by atoms with Crippen LogP contribution in [0.2, 0.25) is 0 Å². The highest BCUT2D eigenvalue weighted by Gasteiger charge is 2.43. The Hall–Kier alpha value is -2.16. The molecule has 30 heavy (non-hydrogen) atoms. The van der Waals surface area contributed by atoms with E-state index < -0.39 is 9.84 Å². The van der Waals surface area contributed by atoms with E-state index in [1.165, 1.54) is 31.7 Å². The minimum absolute atomic E-state index is 0.213. The van der Waals surface area contributed by atoms with Crippen LogP contribution in [0.3, 0.4) is 0 Å². The number of pyridine rings is 1. The van der Waals surface area contributed by atoms with E-state index in [4.69, 9.17) is 9.26 Å². The van der Waals surface area contributed by atoms with Crippen molar-refractivity contribution in [2.45, 2.75) is 50.3 Å². The lowest BCUT2D eigenvalue weighted by atomic mass is 9.90. The van der Waals surface area contributed by atoms with Gasteiger partial charge in [-0.25, -0.2) is 13.4 Å². The maximum atomic E-state index is 11.5. The lowest BCUT2D eigenvalue weighted by molar-refractivity contribution is 0.275. The number of hydrogen-bond acceptors (Lipinski definition) is 8. The van der Waals surface area contributed by atoms with Crippen molar-refractivity contribution in [2.24, 2.45) is 17.8 Å². The third-order valence-electron chi connectivity index (χ3n) is 6.21. The molecule has 9 heteroatoms. The first-order valence-corrected chi connectivity index (χ1v) is 12.6. The Morgan fingerprint density at radius 3 is 2.63 bits per heavy atom. The second-order valence-corrected chi connectivity index (χ2v) is 10.8. The highest BCUT2D eigenvalue weighted by molar-refractivity contribution is 7.90. The van der Waals surface area contributed by atoms with Crippen LogP contribution < -0.4 is 9.64 Å². The molecule has 1 aliphatic heterocycles. The maximum Gasteiger partial charge on any atom is 0.266 e. The van der Waals surface area contributed by atoms with Crippen LogP contribution in [0.15, 0.2) is 27.7 Å². The van der Waals surface area contributed by atoms with Crippen molar-refractivity contribution in [1.29, 1.82) is 0 Å². The molecule has 3 heterocycles. The molecule has 1 saturated carbocycles. The average Bonchev–Trinajstić information content (AvgIpc) is 3.30. The number of rotatable bonds is 8. The Bertz CT molecular complexity index is 950. The lowest BCUT2D eigenvalue weighted by Gasteiger charge is -2.31. The molecule has 4 rings (SSSR count). The van der Waals surface area contributed by atoms with Gasteiger partial charge >= 0.3 is 0 Å². The van der Waals surface area contributed by atoms with Crippen LogP contribution in [0.1, 0.15) is 51.3 Å². The van der Waals surface area contributed by atoms with E-state index in [1.54, 1.807) is 12.1 Å². The van der Waals surface area contributed by atoms with Gasteiger partial charge in [-0.1, -0.05) is 13.8 Å². The summed E-state index contributed by atoms with van der Waals surface area (Å²) in [6.45, 7) is 6.70. The molecule has 2 fully saturated rings. The molecule has 1 saturated heterocycles. The van der Waals surface area contributed by atoms with Crippen LogP contribution in [0.5, 0.6) is 5.88 Å². The number of piperidine rings is 1. The van der Waals surface area contributed by atoms with Gasteiger partial charge in [-0.05, 0) is 54.7 Å². The summed E-state index contributed by atoms with van der Waals surface area (Å²) in [4.78, 5) is 11.1. The van der Waals surface area contributed by atoms with Crippen molar-refractivity contribution in [3.63, 3.8) is 0 Å². The predicted octanol–water partition coefficient (Wildman–Crippen LogP) is 3.31. The summed E-state index contributed by atoms with van der Waals surface area (Å²) in [7, 11) is -3.22. The minimum Gasteiger partial charge on any atom is -0.478 e. The van der Waals surface area contributed by atoms with Gasteiger partial charge in [0.2, 0.25) is 11.8 Å². The quantitative estimate of drug-likeness (QED) is 0.624. The maximum absolute atomic E-state index is 11.5. The van der Waals surface area contributed by atoms with Crippen LogP contribution in [-0.2, 0) is 9.84 Å². The Labute approximate surface area is 177 Å². The van der Waals surface area contributed by atoms with Crippen molar-refractivity contribution in [3.8, 4) is 5.88 Å². The molecule has 0 amide bonds. The van der Waals surface area contributed by atoms with Gasteiger partial charge in [0, 0.05) is 37.5 Å². The summed E-state index contributed by atoms with van der Waals surface area (Å²) in [6, 6.07) is 3.17. The van der Waals surface area contributed by atoms with Gasteiger partial charge in [-0.3, -0.25) is 0 Å². The zero-order valence-electron chi connectivity index (χ0n) is 17.8. The van der Waals surface area contributed by atoms with Crippen LogP contribution in [0.25, 0.3) is 0 Å². The van der Waals surface area contributed by atoms with Gasteiger partial charge in [-0.15, -0.1) is 0 Å². The molecule has 2 aromatic rings. The smallest absolute Gasteiger partial charge is 0.266 e. The van der Waals surface area contributed by atoms with Gasteiger partial charge in [0.1, 0.15) is 0 Å². The fraction of sp³-hybridized carbons (Fsp3) is 0.667. The van der Waals surface area contributed by atoms with E-state index in [0.29, 0.717) is 18.4 Å². The summed E-state index contributed by atoms with van der Waals surface area (Å²) >= 11 is 0. The summed E-state index contributed by atoms with van der Waals surface area (Å²) in [6.07, 6.45) is 7.15. The zero-order chi connectivity index (χ0) is 21.3. The second kappa shape index (κ2) is 8.53. The summed E-state index contributed by atoms with van der Waals surface area (Å²) in [5, 5.41) is 4.13. The molecule has 8 nitrogen and oxygen atoms in total. The van der Waals surface area contributed by atoms with Crippen molar-refractivity contribution >= 4 is 15.8 Å². The molecule has 0 bridgehead atoms. The SMILES string of the molecule is CC(C)c1nc(N2CCC([C@H]3C[C@H]3CCOc3ccc(S(C)(=O)=O)cn3)CC2)no1. The van der Waals surface area contributed by atoms with E-state index >= 15 is 0 Å². The van der Waals surface area contributed by atoms with E-state index in [0.717, 1.165) is 43.2 Å². The Morgan fingerprint density at radius 1 is 1.27 bits per heavy atom. The first-order valence-electron chi connectivity index (χ1n) is 10.7. The normalized spacial score (nSPS) is 22.5. The standard InChI is InChI=1S/C21H30N4O4S/c1-14(2)20-23-21(24-29-20)25-9-6-15(7-10-25)18-12-16(18)8-11-28-19-5-4-17(13-22-19)30(3,26)27/h4-5,13-16,18H,6-12H2,1-3H3/t16-,18-/m1/s1. The van der Waals surface area contributed by atoms with Crippen LogP contribution in [-0.4, -0.2) is 49.5 Å². The van der Waals surface area contributed by atoms with Crippen LogP contribution in [0, 0.1) is 17.8 Å². The molecule has 2 aliphatic rings. The van der Waals surface area contributed by atoms with Gasteiger partial charge < -0.3 is 14.2 Å². The van der Waals surface area contributed by atoms with Gasteiger partial charge in [0.25, 0.3) is 5.95 Å². The van der Waals surface area contributed by atoms with E-state index in [2.05, 4.69) is 33.9 Å². The number of nitrogens with zero attached hydrogens (tertiary/aromatic N) is 4. The number of anilines is 1. The Balaban J connectivity index is 1.18. The predicted molar refractivity (Wildman–Crippen MR) is 112 cm³/mol. The number of sulfone groups is 1. The van der Waals surface area contributed by atoms with Crippen molar-refractivity contribution < 1.29 is 17.7 Å². The molecule has 0 unspecified atom stereocenters. The highest BCUT2D eigenvalue weighted by Crippen LogP contribution is 2.49. The van der Waals surface area contributed by atoms with Gasteiger partial charge in [0.15, 0.2) is 9.84 Å². The van der Waals surface area contributed by atoms with E-state index in [-0.39, 0.29) is 10.8 Å². The first kappa shape index (κ1) is 21.1. The van der Waals surface area contributed by atoms with E-state index in [9.17, 15) is 8.42 Å². The fourth-order valence-corrected chi connectivity index (χ4v) is 4.84. The Morgan fingerprint density at radius 2 is 2.03 bits per heavy atom. The van der Waals surface area contributed by atoms with Crippen molar-refractivity contribution in [1.82, 2.24) is 15.1 Å². The van der Waals surface area contributed by atoms with Crippen LogP contribution >= 0.6 is 0 Å². The molecule has 0 radical (unpaired) electrons. The van der Waals surface area contributed by atoms with Crippen LogP contribution in [0.4, 0.5) is 5.95 Å². The largest absolute Gasteiger partial charge is 0.478 e. The molecule has 1 aliphatic carbocycles. The molecule has 0 spiro atoms. The number of hydrogen-bond donors (Lipinski definition) is 0. The fourth-order valence-electron chi connectivity index (χ4n) is 4.28. The molecule has 2 atom stereocenters. The average molecular weight is 435 g/mol. The third-order valence-corrected chi connectivity index (χ3v) is 7.30. The molecule has 2 aromatic heterocycles. The van der Waals surface area contributed by atoms with E-state index in [1.807, 2.05) is 0 Å². The first-order chi connectivity index (χ1) is 14.3. The summed E-state index contributed by atoms with van der Waals surface area (Å²) < 4.78 is 34.0. The highest BCUT2D eigenvalue weighted by atomic mass is 32.2. The molecule has 0 aromatic carbocycles. The molecular formula is C21H30N4O4S. The molecule has 164 valence electrons. The summed E-state index contributed by atoms with van der Waals surface area (Å²) in [5.41, 5.74) is 0. The second-order valence-electron chi connectivity index (χ2n) is 8.81. The van der Waals surface area contributed by atoms with Gasteiger partial charge in [-0.2, -0.15) is 4.98 Å². The Kier molecular flexibility index (Phi) is 5.99. The van der Waals surface area contributed by atoms with Gasteiger partial charge in [0.05, 0.1) is 11.5 Å². The third kappa shape index (κ3) is 4.94. The lowest BCUT2D eigenvalue weighted by Crippen LogP contribution is -2.35. The molecule has 0 N–H and O–H groups in total. The topological polar surface area (TPSA) is 98.4 Å². The minimum atomic E-state index is -3.22. The zero-order valence-corrected chi connectivity index (χ0v) is 18.6. The number of aromatic nitrogens is 3. The monoisotopic (exact) mass is 434 g/mol. The summed E-state index contributed by atoms with van der Waals surface area (Å²) in [5.74, 6) is 4.43. The molecular weight excluding hydrogens is 404 g/mol. The van der Waals surface area contributed by atoms with Crippen molar-refractivity contribution in [3.05, 3.63) is 24.2 Å². The van der Waals surface area contributed by atoms with Crippen molar-refractivity contribution in [2.75, 3.05) is 30.9 Å².